The summed E-state index contributed by atoms with van der Waals surface area (Å²) < 4.78 is 1.60. The lowest BCUT2D eigenvalue weighted by Gasteiger charge is -2.36. The molecule has 2 aromatic rings. The van der Waals surface area contributed by atoms with E-state index in [2.05, 4.69) is 31.2 Å². The van der Waals surface area contributed by atoms with E-state index in [9.17, 15) is 9.59 Å². The Balaban J connectivity index is 1.70. The standard InChI is InChI=1S/C20H24N2O2/c1-16-8-10-17(11-9-16)18-6-2-5-14-22(18)20(24)12-15-21-13-4-3-7-19(21)23/h3-4,7-11,13,18H,2,5-6,12,14-15H2,1H3/t18-/m0/s1. The van der Waals surface area contributed by atoms with Gasteiger partial charge in [0, 0.05) is 31.8 Å². The van der Waals surface area contributed by atoms with Crippen molar-refractivity contribution in [3.8, 4) is 0 Å². The van der Waals surface area contributed by atoms with Crippen LogP contribution in [0.5, 0.6) is 0 Å². The van der Waals surface area contributed by atoms with E-state index in [1.165, 1.54) is 17.2 Å². The van der Waals surface area contributed by atoms with Gasteiger partial charge in [0.2, 0.25) is 5.91 Å². The summed E-state index contributed by atoms with van der Waals surface area (Å²) in [5, 5.41) is 0. The number of carbonyl (C=O) groups excluding carboxylic acids is 1. The zero-order valence-corrected chi connectivity index (χ0v) is 14.1. The molecule has 1 aliphatic rings. The van der Waals surface area contributed by atoms with E-state index in [1.807, 2.05) is 11.0 Å². The van der Waals surface area contributed by atoms with Crippen LogP contribution >= 0.6 is 0 Å². The third-order valence-corrected chi connectivity index (χ3v) is 4.75. The topological polar surface area (TPSA) is 42.3 Å². The van der Waals surface area contributed by atoms with E-state index in [1.54, 1.807) is 16.8 Å². The molecule has 2 heterocycles. The fourth-order valence-corrected chi connectivity index (χ4v) is 3.37. The maximum absolute atomic E-state index is 12.7. The van der Waals surface area contributed by atoms with Crippen molar-refractivity contribution in [3.63, 3.8) is 0 Å². The molecule has 0 N–H and O–H groups in total. The van der Waals surface area contributed by atoms with Crippen molar-refractivity contribution in [1.82, 2.24) is 9.47 Å². The van der Waals surface area contributed by atoms with E-state index < -0.39 is 0 Å². The van der Waals surface area contributed by atoms with Crippen LogP contribution in [0, 0.1) is 6.92 Å². The number of piperidine rings is 1. The summed E-state index contributed by atoms with van der Waals surface area (Å²) in [5.41, 5.74) is 2.39. The minimum atomic E-state index is -0.0565. The normalized spacial score (nSPS) is 17.7. The van der Waals surface area contributed by atoms with Gasteiger partial charge in [-0.3, -0.25) is 9.59 Å². The van der Waals surface area contributed by atoms with Crippen molar-refractivity contribution in [1.29, 1.82) is 0 Å². The Bertz CT molecular complexity index is 749. The van der Waals surface area contributed by atoms with Gasteiger partial charge in [-0.2, -0.15) is 0 Å². The van der Waals surface area contributed by atoms with Crippen molar-refractivity contribution < 1.29 is 4.79 Å². The number of rotatable bonds is 4. The van der Waals surface area contributed by atoms with Gasteiger partial charge in [0.05, 0.1) is 6.04 Å². The van der Waals surface area contributed by atoms with Crippen molar-refractivity contribution in [2.24, 2.45) is 0 Å². The van der Waals surface area contributed by atoms with Gasteiger partial charge in [0.25, 0.3) is 5.56 Å². The molecular weight excluding hydrogens is 300 g/mol. The van der Waals surface area contributed by atoms with Gasteiger partial charge in [-0.15, -0.1) is 0 Å². The molecule has 1 aromatic carbocycles. The van der Waals surface area contributed by atoms with E-state index in [0.717, 1.165) is 25.8 Å². The number of aryl methyl sites for hydroxylation is 2. The van der Waals surface area contributed by atoms with Gasteiger partial charge in [-0.25, -0.2) is 0 Å². The number of nitrogens with zero attached hydrogens (tertiary/aromatic N) is 2. The molecule has 1 amide bonds. The first-order chi connectivity index (χ1) is 11.6. The van der Waals surface area contributed by atoms with Gasteiger partial charge in [-0.05, 0) is 37.8 Å². The minimum Gasteiger partial charge on any atom is -0.336 e. The highest BCUT2D eigenvalue weighted by molar-refractivity contribution is 5.76. The van der Waals surface area contributed by atoms with Gasteiger partial charge in [0.1, 0.15) is 0 Å². The Morgan fingerprint density at radius 1 is 1.12 bits per heavy atom. The van der Waals surface area contributed by atoms with Crippen molar-refractivity contribution in [3.05, 3.63) is 70.1 Å². The van der Waals surface area contributed by atoms with Crippen molar-refractivity contribution in [2.75, 3.05) is 6.54 Å². The number of pyridine rings is 1. The summed E-state index contributed by atoms with van der Waals surface area (Å²) in [6.45, 7) is 3.32. The third kappa shape index (κ3) is 3.75. The molecular formula is C20H24N2O2. The van der Waals surface area contributed by atoms with E-state index >= 15 is 0 Å². The second kappa shape index (κ2) is 7.47. The van der Waals surface area contributed by atoms with Crippen LogP contribution in [0.25, 0.3) is 0 Å². The molecule has 126 valence electrons. The second-order valence-corrected chi connectivity index (χ2v) is 6.49. The maximum atomic E-state index is 12.7. The number of hydrogen-bond acceptors (Lipinski definition) is 2. The van der Waals surface area contributed by atoms with Crippen LogP contribution in [0.2, 0.25) is 0 Å². The zero-order valence-electron chi connectivity index (χ0n) is 14.1. The number of likely N-dealkylation sites (tertiary alicyclic amines) is 1. The van der Waals surface area contributed by atoms with Crippen LogP contribution in [0.15, 0.2) is 53.5 Å². The molecule has 3 rings (SSSR count). The number of carbonyl (C=O) groups is 1. The van der Waals surface area contributed by atoms with Gasteiger partial charge in [0.15, 0.2) is 0 Å². The van der Waals surface area contributed by atoms with Crippen LogP contribution in [0.1, 0.15) is 42.9 Å². The van der Waals surface area contributed by atoms with E-state index in [0.29, 0.717) is 13.0 Å². The summed E-state index contributed by atoms with van der Waals surface area (Å²) in [6, 6.07) is 13.7. The smallest absolute Gasteiger partial charge is 0.250 e. The summed E-state index contributed by atoms with van der Waals surface area (Å²) >= 11 is 0. The average molecular weight is 324 g/mol. The molecule has 0 spiro atoms. The van der Waals surface area contributed by atoms with Crippen molar-refractivity contribution >= 4 is 5.91 Å². The molecule has 0 bridgehead atoms. The quantitative estimate of drug-likeness (QED) is 0.866. The highest BCUT2D eigenvalue weighted by Gasteiger charge is 2.27. The van der Waals surface area contributed by atoms with E-state index in [4.69, 9.17) is 0 Å². The predicted molar refractivity (Wildman–Crippen MR) is 94.8 cm³/mol. The predicted octanol–water partition coefficient (Wildman–Crippen LogP) is 3.30. The molecule has 1 aliphatic heterocycles. The third-order valence-electron chi connectivity index (χ3n) is 4.75. The van der Waals surface area contributed by atoms with Crippen LogP contribution in [-0.2, 0) is 11.3 Å². The highest BCUT2D eigenvalue weighted by Crippen LogP contribution is 2.31. The molecule has 0 radical (unpaired) electrons. The molecule has 1 atom stereocenters. The molecule has 0 aliphatic carbocycles. The molecule has 1 saturated heterocycles. The molecule has 1 fully saturated rings. The van der Waals surface area contributed by atoms with Crippen LogP contribution in [0.4, 0.5) is 0 Å². The lowest BCUT2D eigenvalue weighted by molar-refractivity contribution is -0.135. The Kier molecular flexibility index (Phi) is 5.14. The first kappa shape index (κ1) is 16.5. The lowest BCUT2D eigenvalue weighted by Crippen LogP contribution is -2.39. The first-order valence-corrected chi connectivity index (χ1v) is 8.66. The van der Waals surface area contributed by atoms with Gasteiger partial charge >= 0.3 is 0 Å². The van der Waals surface area contributed by atoms with Crippen LogP contribution < -0.4 is 5.56 Å². The molecule has 4 nitrogen and oxygen atoms in total. The SMILES string of the molecule is Cc1ccc([C@@H]2CCCCN2C(=O)CCn2ccccc2=O)cc1. The largest absolute Gasteiger partial charge is 0.336 e. The number of hydrogen-bond donors (Lipinski definition) is 0. The molecule has 0 unspecified atom stereocenters. The molecule has 1 aromatic heterocycles. The van der Waals surface area contributed by atoms with Gasteiger partial charge < -0.3 is 9.47 Å². The summed E-state index contributed by atoms with van der Waals surface area (Å²) in [7, 11) is 0. The fraction of sp³-hybridized carbons (Fsp3) is 0.400. The number of aromatic nitrogens is 1. The average Bonchev–Trinajstić information content (AvgIpc) is 2.61. The molecule has 24 heavy (non-hydrogen) atoms. The fourth-order valence-electron chi connectivity index (χ4n) is 3.37. The lowest BCUT2D eigenvalue weighted by atomic mass is 9.94. The van der Waals surface area contributed by atoms with Gasteiger partial charge in [-0.1, -0.05) is 35.9 Å². The van der Waals surface area contributed by atoms with Crippen molar-refractivity contribution in [2.45, 2.75) is 45.2 Å². The Hall–Kier alpha value is -2.36. The van der Waals surface area contributed by atoms with E-state index in [-0.39, 0.29) is 17.5 Å². The Morgan fingerprint density at radius 3 is 2.67 bits per heavy atom. The van der Waals surface area contributed by atoms with Crippen LogP contribution in [0.3, 0.4) is 0 Å². The number of amides is 1. The minimum absolute atomic E-state index is 0.0565. The summed E-state index contributed by atoms with van der Waals surface area (Å²) in [6.07, 6.45) is 5.33. The summed E-state index contributed by atoms with van der Waals surface area (Å²) in [5.74, 6) is 0.135. The monoisotopic (exact) mass is 324 g/mol. The van der Waals surface area contributed by atoms with Crippen LogP contribution in [-0.4, -0.2) is 21.9 Å². The first-order valence-electron chi connectivity index (χ1n) is 8.66. The Morgan fingerprint density at radius 2 is 1.92 bits per heavy atom. The number of benzene rings is 1. The zero-order chi connectivity index (χ0) is 16.9. The maximum Gasteiger partial charge on any atom is 0.250 e. The summed E-state index contributed by atoms with van der Waals surface area (Å²) in [4.78, 5) is 26.5. The highest BCUT2D eigenvalue weighted by atomic mass is 16.2. The second-order valence-electron chi connectivity index (χ2n) is 6.49. The molecule has 4 heteroatoms. The Labute approximate surface area is 142 Å². The molecule has 0 saturated carbocycles.